The number of alkyl halides is 3. The Morgan fingerprint density at radius 2 is 1.78 bits per heavy atom. The molecule has 192 valence electrons. The molecule has 0 aliphatic rings. The van der Waals surface area contributed by atoms with Gasteiger partial charge in [-0.3, -0.25) is 14.3 Å². The molecule has 9 nitrogen and oxygen atoms in total. The van der Waals surface area contributed by atoms with E-state index in [-0.39, 0.29) is 39.7 Å². The molecule has 0 fully saturated rings. The van der Waals surface area contributed by atoms with Gasteiger partial charge in [0.25, 0.3) is 21.5 Å². The van der Waals surface area contributed by atoms with Crippen molar-refractivity contribution in [2.75, 3.05) is 16.6 Å². The van der Waals surface area contributed by atoms with E-state index in [1.807, 2.05) is 0 Å². The van der Waals surface area contributed by atoms with Crippen LogP contribution in [0, 0.1) is 0 Å². The van der Waals surface area contributed by atoms with Crippen molar-refractivity contribution < 1.29 is 35.9 Å². The Morgan fingerprint density at radius 1 is 1.03 bits per heavy atom. The minimum Gasteiger partial charge on any atom is -0.492 e. The van der Waals surface area contributed by atoms with Gasteiger partial charge in [-0.05, 0) is 44.2 Å². The largest absolute Gasteiger partial charge is 0.573 e. The number of benzene rings is 2. The van der Waals surface area contributed by atoms with Crippen molar-refractivity contribution in [3.05, 3.63) is 76.7 Å². The summed E-state index contributed by atoms with van der Waals surface area (Å²) in [7, 11) is -4.31. The molecule has 1 amide bonds. The molecule has 36 heavy (non-hydrogen) atoms. The van der Waals surface area contributed by atoms with Gasteiger partial charge in [-0.1, -0.05) is 6.07 Å². The van der Waals surface area contributed by atoms with Crippen molar-refractivity contribution in [1.29, 1.82) is 0 Å². The molecule has 2 N–H and O–H groups in total. The van der Waals surface area contributed by atoms with Crippen LogP contribution in [0.1, 0.15) is 24.2 Å². The Kier molecular flexibility index (Phi) is 7.93. The highest BCUT2D eigenvalue weighted by Crippen LogP contribution is 2.31. The van der Waals surface area contributed by atoms with Gasteiger partial charge in [-0.2, -0.15) is 0 Å². The Balaban J connectivity index is 1.85. The Labute approximate surface area is 204 Å². The lowest BCUT2D eigenvalue weighted by Gasteiger charge is -2.15. The number of amides is 1. The molecule has 3 rings (SSSR count). The topological polar surface area (TPSA) is 116 Å². The van der Waals surface area contributed by atoms with Crippen molar-refractivity contribution in [3.63, 3.8) is 0 Å². The van der Waals surface area contributed by atoms with Gasteiger partial charge in [0.1, 0.15) is 16.4 Å². The molecule has 0 aliphatic heterocycles. The summed E-state index contributed by atoms with van der Waals surface area (Å²) in [4.78, 5) is 24.2. The number of aryl methyl sites for hydroxylation is 1. The SMILES string of the molecule is CCOc1cc(NC(=O)c2ccn(CC)c(=O)c2)ccc1S(=O)(=O)Nc1cccc(OC(F)(F)F)c1. The zero-order chi connectivity index (χ0) is 26.5. The summed E-state index contributed by atoms with van der Waals surface area (Å²) in [6, 6.07) is 10.8. The standard InChI is InChI=1S/C23H22F3N3O6S/c1-3-29-11-10-15(12-21(29)30)22(31)27-16-8-9-20(19(14-16)34-4-2)36(32,33)28-17-6-5-7-18(13-17)35-23(24,25)26/h5-14,28H,3-4H2,1-2H3,(H,27,31). The van der Waals surface area contributed by atoms with Crippen LogP contribution in [0.2, 0.25) is 0 Å². The van der Waals surface area contributed by atoms with Crippen LogP contribution in [0.25, 0.3) is 0 Å². The number of carbonyl (C=O) groups is 1. The van der Waals surface area contributed by atoms with Crippen LogP contribution in [0.4, 0.5) is 24.5 Å². The number of ether oxygens (including phenoxy) is 2. The van der Waals surface area contributed by atoms with Crippen LogP contribution < -0.4 is 25.1 Å². The molecule has 13 heteroatoms. The average Bonchev–Trinajstić information content (AvgIpc) is 2.78. The number of nitrogens with one attached hydrogen (secondary N) is 2. The van der Waals surface area contributed by atoms with E-state index in [1.54, 1.807) is 13.8 Å². The minimum absolute atomic E-state index is 0.0874. The molecule has 3 aromatic rings. The van der Waals surface area contributed by atoms with Crippen LogP contribution in [-0.4, -0.2) is 31.9 Å². The quantitative estimate of drug-likeness (QED) is 0.432. The summed E-state index contributed by atoms with van der Waals surface area (Å²) in [6.45, 7) is 3.94. The molecule has 0 saturated carbocycles. The molecule has 1 aromatic heterocycles. The van der Waals surface area contributed by atoms with E-state index in [4.69, 9.17) is 4.74 Å². The average molecular weight is 526 g/mol. The Bertz CT molecular complexity index is 1420. The smallest absolute Gasteiger partial charge is 0.492 e. The van der Waals surface area contributed by atoms with E-state index in [1.165, 1.54) is 53.2 Å². The van der Waals surface area contributed by atoms with Crippen molar-refractivity contribution in [3.8, 4) is 11.5 Å². The summed E-state index contributed by atoms with van der Waals surface area (Å²) in [6.07, 6.45) is -3.45. The van der Waals surface area contributed by atoms with Crippen LogP contribution in [0.3, 0.4) is 0 Å². The fourth-order valence-corrected chi connectivity index (χ4v) is 4.33. The molecule has 0 radical (unpaired) electrons. The monoisotopic (exact) mass is 525 g/mol. The van der Waals surface area contributed by atoms with Crippen LogP contribution in [-0.2, 0) is 16.6 Å². The minimum atomic E-state index is -4.94. The zero-order valence-corrected chi connectivity index (χ0v) is 19.9. The first-order valence-corrected chi connectivity index (χ1v) is 12.1. The van der Waals surface area contributed by atoms with Gasteiger partial charge in [0, 0.05) is 42.2 Å². The van der Waals surface area contributed by atoms with Crippen LogP contribution in [0.15, 0.2) is 70.5 Å². The molecule has 0 saturated heterocycles. The first-order chi connectivity index (χ1) is 16.9. The maximum Gasteiger partial charge on any atom is 0.573 e. The van der Waals surface area contributed by atoms with E-state index < -0.39 is 28.0 Å². The molecule has 0 aliphatic carbocycles. The summed E-state index contributed by atoms with van der Waals surface area (Å²) in [5.74, 6) is -1.29. The third kappa shape index (κ3) is 6.78. The highest BCUT2D eigenvalue weighted by molar-refractivity contribution is 7.92. The van der Waals surface area contributed by atoms with Crippen LogP contribution >= 0.6 is 0 Å². The number of rotatable bonds is 9. The van der Waals surface area contributed by atoms with Crippen molar-refractivity contribution in [2.45, 2.75) is 31.7 Å². The van der Waals surface area contributed by atoms with Crippen molar-refractivity contribution in [2.24, 2.45) is 0 Å². The molecular formula is C23H22F3N3O6S. The Hall–Kier alpha value is -4.00. The third-order valence-corrected chi connectivity index (χ3v) is 6.13. The Morgan fingerprint density at radius 3 is 2.42 bits per heavy atom. The second-order valence-electron chi connectivity index (χ2n) is 7.27. The first kappa shape index (κ1) is 26.6. The summed E-state index contributed by atoms with van der Waals surface area (Å²) < 4.78 is 76.2. The van der Waals surface area contributed by atoms with E-state index in [0.29, 0.717) is 6.54 Å². The second-order valence-corrected chi connectivity index (χ2v) is 8.92. The third-order valence-electron chi connectivity index (χ3n) is 4.71. The van der Waals surface area contributed by atoms with E-state index in [9.17, 15) is 31.2 Å². The number of sulfonamides is 1. The normalized spacial score (nSPS) is 11.6. The molecule has 0 spiro atoms. The lowest BCUT2D eigenvalue weighted by atomic mass is 10.2. The number of nitrogens with zero attached hydrogens (tertiary/aromatic N) is 1. The van der Waals surface area contributed by atoms with E-state index >= 15 is 0 Å². The van der Waals surface area contributed by atoms with E-state index in [0.717, 1.165) is 12.1 Å². The van der Waals surface area contributed by atoms with Crippen LogP contribution in [0.5, 0.6) is 11.5 Å². The molecular weight excluding hydrogens is 503 g/mol. The number of halogens is 3. The molecule has 0 atom stereocenters. The van der Waals surface area contributed by atoms with Crippen molar-refractivity contribution >= 4 is 27.3 Å². The van der Waals surface area contributed by atoms with E-state index in [2.05, 4.69) is 14.8 Å². The first-order valence-electron chi connectivity index (χ1n) is 10.6. The van der Waals surface area contributed by atoms with Gasteiger partial charge in [-0.15, -0.1) is 13.2 Å². The molecule has 1 heterocycles. The number of carbonyl (C=O) groups excluding carboxylic acids is 1. The fraction of sp³-hybridized carbons (Fsp3) is 0.217. The highest BCUT2D eigenvalue weighted by atomic mass is 32.2. The van der Waals surface area contributed by atoms with Gasteiger partial charge >= 0.3 is 6.36 Å². The zero-order valence-electron chi connectivity index (χ0n) is 19.1. The summed E-state index contributed by atoms with van der Waals surface area (Å²) in [5, 5.41) is 2.57. The molecule has 0 bridgehead atoms. The van der Waals surface area contributed by atoms with Gasteiger partial charge in [0.05, 0.1) is 12.3 Å². The lowest BCUT2D eigenvalue weighted by Crippen LogP contribution is -2.21. The summed E-state index contributed by atoms with van der Waals surface area (Å²) >= 11 is 0. The second kappa shape index (κ2) is 10.7. The molecule has 0 unspecified atom stereocenters. The number of aromatic nitrogens is 1. The maximum absolute atomic E-state index is 13.0. The van der Waals surface area contributed by atoms with Gasteiger partial charge in [-0.25, -0.2) is 8.42 Å². The summed E-state index contributed by atoms with van der Waals surface area (Å²) in [5.41, 5.74) is -0.208. The van der Waals surface area contributed by atoms with Gasteiger partial charge < -0.3 is 19.4 Å². The lowest BCUT2D eigenvalue weighted by molar-refractivity contribution is -0.274. The van der Waals surface area contributed by atoms with Gasteiger partial charge in [0.2, 0.25) is 0 Å². The maximum atomic E-state index is 13.0. The molecule has 2 aromatic carbocycles. The fourth-order valence-electron chi connectivity index (χ4n) is 3.16. The predicted molar refractivity (Wildman–Crippen MR) is 126 cm³/mol. The predicted octanol–water partition coefficient (Wildman–Crippen LogP) is 4.22. The number of hydrogen-bond donors (Lipinski definition) is 2. The number of anilines is 2. The highest BCUT2D eigenvalue weighted by Gasteiger charge is 2.31. The van der Waals surface area contributed by atoms with Gasteiger partial charge in [0.15, 0.2) is 0 Å². The number of pyridine rings is 1. The number of hydrogen-bond acceptors (Lipinski definition) is 6. The van der Waals surface area contributed by atoms with Crippen molar-refractivity contribution in [1.82, 2.24) is 4.57 Å².